The van der Waals surface area contributed by atoms with E-state index in [4.69, 9.17) is 4.74 Å². The van der Waals surface area contributed by atoms with Crippen molar-refractivity contribution < 1.29 is 9.53 Å². The fourth-order valence-corrected chi connectivity index (χ4v) is 3.55. The molecule has 4 rings (SSSR count). The highest BCUT2D eigenvalue weighted by molar-refractivity contribution is 5.78. The number of nitrogens with zero attached hydrogens (tertiary/aromatic N) is 2. The van der Waals surface area contributed by atoms with Crippen molar-refractivity contribution in [3.05, 3.63) is 120 Å². The number of hydrogen-bond donors (Lipinski definition) is 1. The molecule has 0 fully saturated rings. The lowest BCUT2D eigenvalue weighted by atomic mass is 10.0. The molecule has 0 radical (unpaired) electrons. The zero-order valence-electron chi connectivity index (χ0n) is 17.4. The van der Waals surface area contributed by atoms with Crippen LogP contribution in [0.15, 0.2) is 97.3 Å². The van der Waals surface area contributed by atoms with Crippen LogP contribution in [0.1, 0.15) is 28.6 Å². The van der Waals surface area contributed by atoms with Crippen molar-refractivity contribution in [2.45, 2.75) is 12.5 Å². The van der Waals surface area contributed by atoms with Crippen molar-refractivity contribution in [1.82, 2.24) is 14.9 Å². The topological polar surface area (TPSA) is 56.2 Å². The van der Waals surface area contributed by atoms with E-state index in [-0.39, 0.29) is 18.6 Å². The lowest BCUT2D eigenvalue weighted by Crippen LogP contribution is -2.34. The molecule has 1 heterocycles. The maximum absolute atomic E-state index is 12.8. The molecule has 0 saturated heterocycles. The third kappa shape index (κ3) is 5.20. The third-order valence-electron chi connectivity index (χ3n) is 5.12. The Morgan fingerprint density at radius 2 is 1.65 bits per heavy atom. The van der Waals surface area contributed by atoms with Gasteiger partial charge in [-0.3, -0.25) is 4.79 Å². The van der Waals surface area contributed by atoms with Crippen molar-refractivity contribution in [3.8, 4) is 5.75 Å². The fraction of sp³-hybridized carbons (Fsp3) is 0.154. The van der Waals surface area contributed by atoms with Crippen LogP contribution in [0.4, 0.5) is 0 Å². The predicted octanol–water partition coefficient (Wildman–Crippen LogP) is 4.30. The van der Waals surface area contributed by atoms with Crippen LogP contribution in [-0.4, -0.2) is 22.1 Å². The number of carbonyl (C=O) groups excluding carboxylic acids is 1. The summed E-state index contributed by atoms with van der Waals surface area (Å²) in [6.07, 6.45) is 4.35. The van der Waals surface area contributed by atoms with Gasteiger partial charge in [0.25, 0.3) is 5.91 Å². The number of hydrogen-bond acceptors (Lipinski definition) is 3. The molecule has 0 aliphatic heterocycles. The van der Waals surface area contributed by atoms with Gasteiger partial charge in [0.2, 0.25) is 0 Å². The summed E-state index contributed by atoms with van der Waals surface area (Å²) in [5.74, 6) is 1.28. The summed E-state index contributed by atoms with van der Waals surface area (Å²) in [6.45, 7) is -0.0699. The van der Waals surface area contributed by atoms with Crippen LogP contribution >= 0.6 is 0 Å². The molecule has 0 unspecified atom stereocenters. The van der Waals surface area contributed by atoms with E-state index in [0.717, 1.165) is 29.1 Å². The van der Waals surface area contributed by atoms with Crippen LogP contribution in [0.3, 0.4) is 0 Å². The molecule has 1 amide bonds. The average Bonchev–Trinajstić information content (AvgIpc) is 3.23. The molecule has 1 aromatic heterocycles. The highest BCUT2D eigenvalue weighted by Crippen LogP contribution is 2.22. The Morgan fingerprint density at radius 3 is 2.35 bits per heavy atom. The molecule has 31 heavy (non-hydrogen) atoms. The van der Waals surface area contributed by atoms with E-state index in [1.54, 1.807) is 6.20 Å². The van der Waals surface area contributed by atoms with Gasteiger partial charge in [0.15, 0.2) is 6.61 Å². The van der Waals surface area contributed by atoms with Gasteiger partial charge in [-0.15, -0.1) is 0 Å². The number of aryl methyl sites for hydroxylation is 1. The Bertz CT molecular complexity index is 1120. The standard InChI is InChI=1S/C26H25N3O2/c1-29-17-16-27-26(29)25(21-12-6-3-7-13-21)28-24(30)19-31-23-15-9-8-14-22(23)18-20-10-4-2-5-11-20/h2-17,25H,18-19H2,1H3,(H,28,30)/t25-/m1/s1. The Morgan fingerprint density at radius 1 is 0.968 bits per heavy atom. The van der Waals surface area contributed by atoms with Crippen LogP contribution in [0, 0.1) is 0 Å². The van der Waals surface area contributed by atoms with E-state index in [1.165, 1.54) is 5.56 Å². The van der Waals surface area contributed by atoms with Crippen LogP contribution in [0.2, 0.25) is 0 Å². The molecule has 5 heteroatoms. The van der Waals surface area contributed by atoms with E-state index in [0.29, 0.717) is 0 Å². The zero-order valence-corrected chi connectivity index (χ0v) is 17.4. The third-order valence-corrected chi connectivity index (χ3v) is 5.12. The van der Waals surface area contributed by atoms with Crippen molar-refractivity contribution in [1.29, 1.82) is 0 Å². The molecular formula is C26H25N3O2. The molecule has 156 valence electrons. The van der Waals surface area contributed by atoms with Crippen molar-refractivity contribution in [2.24, 2.45) is 7.05 Å². The van der Waals surface area contributed by atoms with E-state index in [1.807, 2.05) is 90.6 Å². The summed E-state index contributed by atoms with van der Waals surface area (Å²) >= 11 is 0. The summed E-state index contributed by atoms with van der Waals surface area (Å²) in [5.41, 5.74) is 3.21. The number of benzene rings is 3. The average molecular weight is 412 g/mol. The van der Waals surface area contributed by atoms with Crippen LogP contribution in [-0.2, 0) is 18.3 Å². The highest BCUT2D eigenvalue weighted by atomic mass is 16.5. The Hall–Kier alpha value is -3.86. The second-order valence-corrected chi connectivity index (χ2v) is 7.37. The number of ether oxygens (including phenoxy) is 1. The molecule has 5 nitrogen and oxygen atoms in total. The number of aromatic nitrogens is 2. The van der Waals surface area contributed by atoms with Gasteiger partial charge in [0, 0.05) is 25.9 Å². The van der Waals surface area contributed by atoms with Crippen LogP contribution in [0.5, 0.6) is 5.75 Å². The van der Waals surface area contributed by atoms with Gasteiger partial charge in [-0.25, -0.2) is 4.98 Å². The maximum Gasteiger partial charge on any atom is 0.258 e. The molecule has 0 aliphatic carbocycles. The summed E-state index contributed by atoms with van der Waals surface area (Å²) in [6, 6.07) is 27.5. The van der Waals surface area contributed by atoms with Crippen LogP contribution in [0.25, 0.3) is 0 Å². The van der Waals surface area contributed by atoms with E-state index in [9.17, 15) is 4.79 Å². The highest BCUT2D eigenvalue weighted by Gasteiger charge is 2.21. The summed E-state index contributed by atoms with van der Waals surface area (Å²) in [5, 5.41) is 3.07. The first-order valence-corrected chi connectivity index (χ1v) is 10.3. The van der Waals surface area contributed by atoms with Crippen molar-refractivity contribution in [3.63, 3.8) is 0 Å². The molecular weight excluding hydrogens is 386 g/mol. The number of para-hydroxylation sites is 1. The maximum atomic E-state index is 12.8. The molecule has 3 aromatic carbocycles. The molecule has 4 aromatic rings. The normalized spacial score (nSPS) is 11.6. The first-order chi connectivity index (χ1) is 15.2. The predicted molar refractivity (Wildman–Crippen MR) is 121 cm³/mol. The summed E-state index contributed by atoms with van der Waals surface area (Å²) in [4.78, 5) is 17.2. The number of imidazole rings is 1. The van der Waals surface area contributed by atoms with Gasteiger partial charge in [0.05, 0.1) is 0 Å². The second kappa shape index (κ2) is 9.76. The summed E-state index contributed by atoms with van der Waals surface area (Å²) < 4.78 is 7.83. The molecule has 0 aliphatic rings. The van der Waals surface area contributed by atoms with Gasteiger partial charge in [-0.1, -0.05) is 78.9 Å². The number of rotatable bonds is 8. The van der Waals surface area contributed by atoms with E-state index >= 15 is 0 Å². The number of nitrogens with one attached hydrogen (secondary N) is 1. The monoisotopic (exact) mass is 411 g/mol. The quantitative estimate of drug-likeness (QED) is 0.470. The van der Waals surface area contributed by atoms with Gasteiger partial charge >= 0.3 is 0 Å². The first kappa shape index (κ1) is 20.4. The van der Waals surface area contributed by atoms with Crippen molar-refractivity contribution in [2.75, 3.05) is 6.61 Å². The lowest BCUT2D eigenvalue weighted by molar-refractivity contribution is -0.123. The van der Waals surface area contributed by atoms with Crippen molar-refractivity contribution >= 4 is 5.91 Å². The van der Waals surface area contributed by atoms with Crippen LogP contribution < -0.4 is 10.1 Å². The van der Waals surface area contributed by atoms with Gasteiger partial charge in [0.1, 0.15) is 17.6 Å². The largest absolute Gasteiger partial charge is 0.483 e. The minimum Gasteiger partial charge on any atom is -0.483 e. The minimum absolute atomic E-state index is 0.0699. The Balaban J connectivity index is 1.46. The molecule has 0 bridgehead atoms. The molecule has 1 atom stereocenters. The first-order valence-electron chi connectivity index (χ1n) is 10.3. The smallest absolute Gasteiger partial charge is 0.258 e. The Labute approximate surface area is 182 Å². The SMILES string of the molecule is Cn1ccnc1[C@H](NC(=O)COc1ccccc1Cc1ccccc1)c1ccccc1. The molecule has 1 N–H and O–H groups in total. The number of carbonyl (C=O) groups is 1. The minimum atomic E-state index is -0.350. The van der Waals surface area contributed by atoms with Gasteiger partial charge in [-0.2, -0.15) is 0 Å². The lowest BCUT2D eigenvalue weighted by Gasteiger charge is -2.19. The van der Waals surface area contributed by atoms with E-state index in [2.05, 4.69) is 22.4 Å². The molecule has 0 saturated carbocycles. The van der Waals surface area contributed by atoms with Gasteiger partial charge < -0.3 is 14.6 Å². The summed E-state index contributed by atoms with van der Waals surface area (Å²) in [7, 11) is 1.92. The zero-order chi connectivity index (χ0) is 21.5. The van der Waals surface area contributed by atoms with Gasteiger partial charge in [-0.05, 0) is 22.8 Å². The Kier molecular flexibility index (Phi) is 6.43. The second-order valence-electron chi connectivity index (χ2n) is 7.37. The van der Waals surface area contributed by atoms with E-state index < -0.39 is 0 Å². The fourth-order valence-electron chi connectivity index (χ4n) is 3.55. The number of amides is 1. The molecule has 0 spiro atoms.